The van der Waals surface area contributed by atoms with E-state index < -0.39 is 0 Å². The van der Waals surface area contributed by atoms with Gasteiger partial charge in [-0.15, -0.1) is 0 Å². The Morgan fingerprint density at radius 3 is 2.55 bits per heavy atom. The Morgan fingerprint density at radius 1 is 1.17 bits per heavy atom. The average molecular weight is 392 g/mol. The molecule has 0 atom stereocenters. The summed E-state index contributed by atoms with van der Waals surface area (Å²) in [4.78, 5) is 18.9. The summed E-state index contributed by atoms with van der Waals surface area (Å²) < 4.78 is 10.9. The van der Waals surface area contributed by atoms with E-state index in [4.69, 9.17) is 9.26 Å². The third kappa shape index (κ3) is 4.74. The zero-order valence-corrected chi connectivity index (χ0v) is 16.6. The standard InChI is InChI=1S/C22H24N4O3/c1-3-26(2)18-10-6-15(7-11-18)21(27)23-17-8-12-19(13-9-17)28-14-20-24-22(29-25-20)16-4-5-16/h6-13,16H,3-5,14H2,1-2H3,(H,23,27). The van der Waals surface area contributed by atoms with Gasteiger partial charge in [0, 0.05) is 36.4 Å². The van der Waals surface area contributed by atoms with Crippen LogP contribution in [0, 0.1) is 0 Å². The summed E-state index contributed by atoms with van der Waals surface area (Å²) in [7, 11) is 2.02. The molecule has 0 saturated heterocycles. The Kier molecular flexibility index (Phi) is 5.46. The summed E-state index contributed by atoms with van der Waals surface area (Å²) >= 11 is 0. The number of ether oxygens (including phenoxy) is 1. The van der Waals surface area contributed by atoms with Crippen LogP contribution in [0.2, 0.25) is 0 Å². The molecule has 0 radical (unpaired) electrons. The van der Waals surface area contributed by atoms with Crippen LogP contribution in [-0.4, -0.2) is 29.6 Å². The third-order valence-electron chi connectivity index (χ3n) is 4.94. The molecule has 7 heteroatoms. The first kappa shape index (κ1) is 19.0. The summed E-state index contributed by atoms with van der Waals surface area (Å²) in [5.74, 6) is 2.21. The van der Waals surface area contributed by atoms with Gasteiger partial charge >= 0.3 is 0 Å². The summed E-state index contributed by atoms with van der Waals surface area (Å²) in [5, 5.41) is 6.83. The smallest absolute Gasteiger partial charge is 0.255 e. The zero-order chi connectivity index (χ0) is 20.2. The van der Waals surface area contributed by atoms with Gasteiger partial charge in [0.05, 0.1) is 0 Å². The van der Waals surface area contributed by atoms with E-state index in [0.29, 0.717) is 34.6 Å². The number of hydrogen-bond donors (Lipinski definition) is 1. The predicted octanol–water partition coefficient (Wildman–Crippen LogP) is 4.23. The normalized spacial score (nSPS) is 13.2. The van der Waals surface area contributed by atoms with Crippen molar-refractivity contribution in [1.82, 2.24) is 10.1 Å². The first-order valence-corrected chi connectivity index (χ1v) is 9.80. The van der Waals surface area contributed by atoms with E-state index >= 15 is 0 Å². The van der Waals surface area contributed by atoms with Crippen molar-refractivity contribution in [3.63, 3.8) is 0 Å². The highest BCUT2D eigenvalue weighted by Crippen LogP contribution is 2.38. The molecule has 7 nitrogen and oxygen atoms in total. The number of carbonyl (C=O) groups excluding carboxylic acids is 1. The Balaban J connectivity index is 1.30. The molecular weight excluding hydrogens is 368 g/mol. The highest BCUT2D eigenvalue weighted by molar-refractivity contribution is 6.04. The van der Waals surface area contributed by atoms with Crippen LogP contribution in [0.15, 0.2) is 53.1 Å². The fourth-order valence-electron chi connectivity index (χ4n) is 2.86. The van der Waals surface area contributed by atoms with Crippen LogP contribution in [0.5, 0.6) is 5.75 Å². The highest BCUT2D eigenvalue weighted by atomic mass is 16.5. The molecule has 1 aliphatic rings. The molecule has 3 aromatic rings. The summed E-state index contributed by atoms with van der Waals surface area (Å²) in [6.07, 6.45) is 2.24. The number of rotatable bonds is 8. The van der Waals surface area contributed by atoms with Gasteiger partial charge in [-0.25, -0.2) is 0 Å². The van der Waals surface area contributed by atoms with Gasteiger partial charge in [0.1, 0.15) is 5.75 Å². The molecule has 1 heterocycles. The number of anilines is 2. The molecule has 1 N–H and O–H groups in total. The summed E-state index contributed by atoms with van der Waals surface area (Å²) in [6.45, 7) is 3.25. The number of amides is 1. The lowest BCUT2D eigenvalue weighted by molar-refractivity contribution is 0.102. The van der Waals surface area contributed by atoms with Crippen molar-refractivity contribution in [2.45, 2.75) is 32.3 Å². The summed E-state index contributed by atoms with van der Waals surface area (Å²) in [6, 6.07) is 14.8. The van der Waals surface area contributed by atoms with Crippen LogP contribution < -0.4 is 15.0 Å². The van der Waals surface area contributed by atoms with Crippen molar-refractivity contribution in [1.29, 1.82) is 0 Å². The maximum atomic E-state index is 12.4. The number of hydrogen-bond acceptors (Lipinski definition) is 6. The first-order chi connectivity index (χ1) is 14.1. The average Bonchev–Trinajstić information content (AvgIpc) is 3.50. The summed E-state index contributed by atoms with van der Waals surface area (Å²) in [5.41, 5.74) is 2.39. The molecule has 1 amide bonds. The monoisotopic (exact) mass is 392 g/mol. The van der Waals surface area contributed by atoms with Crippen molar-refractivity contribution in [3.8, 4) is 5.75 Å². The van der Waals surface area contributed by atoms with Gasteiger partial charge in [-0.2, -0.15) is 4.98 Å². The minimum Gasteiger partial charge on any atom is -0.485 e. The van der Waals surface area contributed by atoms with E-state index in [1.54, 1.807) is 24.3 Å². The molecule has 29 heavy (non-hydrogen) atoms. The second-order valence-electron chi connectivity index (χ2n) is 7.15. The van der Waals surface area contributed by atoms with Crippen molar-refractivity contribution in [3.05, 3.63) is 65.8 Å². The van der Waals surface area contributed by atoms with Gasteiger partial charge in [0.15, 0.2) is 6.61 Å². The Labute approximate surface area is 169 Å². The van der Waals surface area contributed by atoms with E-state index in [9.17, 15) is 4.79 Å². The van der Waals surface area contributed by atoms with Gasteiger partial charge in [-0.05, 0) is 68.3 Å². The number of benzene rings is 2. The van der Waals surface area contributed by atoms with Crippen LogP contribution in [0.25, 0.3) is 0 Å². The highest BCUT2D eigenvalue weighted by Gasteiger charge is 2.29. The molecule has 4 rings (SSSR count). The lowest BCUT2D eigenvalue weighted by Gasteiger charge is -2.16. The number of carbonyl (C=O) groups is 1. The molecule has 1 aromatic heterocycles. The minimum atomic E-state index is -0.149. The molecule has 1 fully saturated rings. The predicted molar refractivity (Wildman–Crippen MR) is 110 cm³/mol. The number of nitrogens with one attached hydrogen (secondary N) is 1. The van der Waals surface area contributed by atoms with Gasteiger partial charge in [-0.3, -0.25) is 4.79 Å². The molecule has 0 unspecified atom stereocenters. The van der Waals surface area contributed by atoms with E-state index in [1.807, 2.05) is 31.3 Å². The quantitative estimate of drug-likeness (QED) is 0.618. The molecule has 1 aliphatic carbocycles. The molecule has 1 saturated carbocycles. The molecule has 150 valence electrons. The van der Waals surface area contributed by atoms with Crippen LogP contribution in [0.4, 0.5) is 11.4 Å². The lowest BCUT2D eigenvalue weighted by atomic mass is 10.1. The topological polar surface area (TPSA) is 80.5 Å². The van der Waals surface area contributed by atoms with E-state index in [0.717, 1.165) is 25.1 Å². The van der Waals surface area contributed by atoms with Crippen LogP contribution in [0.3, 0.4) is 0 Å². The van der Waals surface area contributed by atoms with E-state index in [-0.39, 0.29) is 12.5 Å². The number of nitrogens with zero attached hydrogens (tertiary/aromatic N) is 3. The fraction of sp³-hybridized carbons (Fsp3) is 0.318. The van der Waals surface area contributed by atoms with Gasteiger partial charge < -0.3 is 19.5 Å². The van der Waals surface area contributed by atoms with Gasteiger partial charge in [0.25, 0.3) is 5.91 Å². The Morgan fingerprint density at radius 2 is 1.90 bits per heavy atom. The molecule has 0 bridgehead atoms. The molecule has 0 spiro atoms. The maximum Gasteiger partial charge on any atom is 0.255 e. The van der Waals surface area contributed by atoms with Crippen molar-refractivity contribution in [2.24, 2.45) is 0 Å². The van der Waals surface area contributed by atoms with Crippen molar-refractivity contribution in [2.75, 3.05) is 23.8 Å². The SMILES string of the molecule is CCN(C)c1ccc(C(=O)Nc2ccc(OCc3noc(C4CC4)n3)cc2)cc1. The maximum absolute atomic E-state index is 12.4. The molecule has 2 aromatic carbocycles. The van der Waals surface area contributed by atoms with Crippen LogP contribution >= 0.6 is 0 Å². The second kappa shape index (κ2) is 8.34. The molecule has 0 aliphatic heterocycles. The third-order valence-corrected chi connectivity index (χ3v) is 4.94. The van der Waals surface area contributed by atoms with Crippen LogP contribution in [-0.2, 0) is 6.61 Å². The minimum absolute atomic E-state index is 0.149. The van der Waals surface area contributed by atoms with Crippen molar-refractivity contribution >= 4 is 17.3 Å². The Bertz CT molecular complexity index is 962. The molecular formula is C22H24N4O3. The van der Waals surface area contributed by atoms with Gasteiger partial charge in [0.2, 0.25) is 11.7 Å². The number of aromatic nitrogens is 2. The van der Waals surface area contributed by atoms with Gasteiger partial charge in [-0.1, -0.05) is 5.16 Å². The first-order valence-electron chi connectivity index (χ1n) is 9.80. The van der Waals surface area contributed by atoms with E-state index in [1.165, 1.54) is 0 Å². The van der Waals surface area contributed by atoms with E-state index in [2.05, 4.69) is 27.3 Å². The Hall–Kier alpha value is -3.35. The van der Waals surface area contributed by atoms with Crippen LogP contribution in [0.1, 0.15) is 47.8 Å². The second-order valence-corrected chi connectivity index (χ2v) is 7.15. The fourth-order valence-corrected chi connectivity index (χ4v) is 2.86. The van der Waals surface area contributed by atoms with Crippen molar-refractivity contribution < 1.29 is 14.1 Å². The lowest BCUT2D eigenvalue weighted by Crippen LogP contribution is -2.16. The largest absolute Gasteiger partial charge is 0.485 e. The zero-order valence-electron chi connectivity index (χ0n) is 16.6.